The molecule has 1 aromatic rings. The van der Waals surface area contributed by atoms with Gasteiger partial charge < -0.3 is 10.2 Å². The molecule has 1 N–H and O–H groups in total. The summed E-state index contributed by atoms with van der Waals surface area (Å²) < 4.78 is 1.21. The van der Waals surface area contributed by atoms with Crippen LogP contribution in [0, 0.1) is 12.3 Å². The fourth-order valence-corrected chi connectivity index (χ4v) is 1.90. The minimum Gasteiger partial charge on any atom is -0.378 e. The molecule has 1 heterocycles. The lowest BCUT2D eigenvalue weighted by atomic mass is 10.4. The molecule has 0 radical (unpaired) electrons. The number of likely N-dealkylation sites (N-methyl/N-ethyl adjacent to an activating group) is 1. The number of nitrogens with zero attached hydrogens (tertiary/aromatic N) is 3. The van der Waals surface area contributed by atoms with Gasteiger partial charge in [-0.3, -0.25) is 4.79 Å². The molecule has 0 bridgehead atoms. The average Bonchev–Trinajstić information content (AvgIpc) is 2.41. The maximum Gasteiger partial charge on any atom is 0.292 e. The second-order valence-electron chi connectivity index (χ2n) is 3.99. The van der Waals surface area contributed by atoms with Crippen molar-refractivity contribution in [2.75, 3.05) is 31.5 Å². The van der Waals surface area contributed by atoms with E-state index in [1.807, 2.05) is 0 Å². The van der Waals surface area contributed by atoms with Crippen LogP contribution in [-0.4, -0.2) is 40.9 Å². The first-order chi connectivity index (χ1) is 9.13. The Bertz CT molecular complexity index is 502. The SMILES string of the molecule is C#CCn1ncc(Cl)c(NCCN(CC)CC)c1=O. The maximum absolute atomic E-state index is 12.0. The van der Waals surface area contributed by atoms with Crippen molar-refractivity contribution in [1.29, 1.82) is 0 Å². The molecule has 5 nitrogen and oxygen atoms in total. The zero-order chi connectivity index (χ0) is 14.3. The van der Waals surface area contributed by atoms with Crippen molar-refractivity contribution in [3.63, 3.8) is 0 Å². The van der Waals surface area contributed by atoms with Gasteiger partial charge in [0.05, 0.1) is 11.2 Å². The molecule has 104 valence electrons. The van der Waals surface area contributed by atoms with Crippen LogP contribution in [-0.2, 0) is 6.54 Å². The monoisotopic (exact) mass is 282 g/mol. The maximum atomic E-state index is 12.0. The number of hydrogen-bond donors (Lipinski definition) is 1. The van der Waals surface area contributed by atoms with Gasteiger partial charge in [-0.25, -0.2) is 4.68 Å². The number of terminal acetylenes is 1. The Morgan fingerprint density at radius 2 is 2.21 bits per heavy atom. The Kier molecular flexibility index (Phi) is 6.40. The first-order valence-electron chi connectivity index (χ1n) is 6.29. The Morgan fingerprint density at radius 3 is 2.79 bits per heavy atom. The van der Waals surface area contributed by atoms with Crippen LogP contribution in [0.25, 0.3) is 0 Å². The van der Waals surface area contributed by atoms with E-state index in [0.717, 1.165) is 19.6 Å². The van der Waals surface area contributed by atoms with Crippen LogP contribution in [0.1, 0.15) is 13.8 Å². The van der Waals surface area contributed by atoms with E-state index in [0.29, 0.717) is 17.3 Å². The number of aromatic nitrogens is 2. The number of anilines is 1. The smallest absolute Gasteiger partial charge is 0.292 e. The van der Waals surface area contributed by atoms with Crippen molar-refractivity contribution in [2.24, 2.45) is 0 Å². The summed E-state index contributed by atoms with van der Waals surface area (Å²) >= 11 is 5.98. The summed E-state index contributed by atoms with van der Waals surface area (Å²) in [6, 6.07) is 0. The van der Waals surface area contributed by atoms with Gasteiger partial charge in [0.15, 0.2) is 0 Å². The summed E-state index contributed by atoms with van der Waals surface area (Å²) in [6.07, 6.45) is 6.61. The molecular weight excluding hydrogens is 264 g/mol. The van der Waals surface area contributed by atoms with Crippen molar-refractivity contribution in [3.05, 3.63) is 21.6 Å². The summed E-state index contributed by atoms with van der Waals surface area (Å²) in [5.74, 6) is 2.39. The van der Waals surface area contributed by atoms with Gasteiger partial charge in [-0.05, 0) is 13.1 Å². The minimum absolute atomic E-state index is 0.140. The summed E-state index contributed by atoms with van der Waals surface area (Å²) in [5, 5.41) is 7.26. The van der Waals surface area contributed by atoms with Gasteiger partial charge in [0.25, 0.3) is 5.56 Å². The van der Waals surface area contributed by atoms with Crippen LogP contribution >= 0.6 is 11.6 Å². The van der Waals surface area contributed by atoms with Crippen molar-refractivity contribution >= 4 is 17.3 Å². The summed E-state index contributed by atoms with van der Waals surface area (Å²) in [4.78, 5) is 14.3. The number of nitrogens with one attached hydrogen (secondary N) is 1. The number of hydrogen-bond acceptors (Lipinski definition) is 4. The highest BCUT2D eigenvalue weighted by atomic mass is 35.5. The zero-order valence-electron chi connectivity index (χ0n) is 11.3. The molecule has 0 saturated carbocycles. The molecule has 1 rings (SSSR count). The van der Waals surface area contributed by atoms with E-state index in [-0.39, 0.29) is 12.1 Å². The molecule has 0 saturated heterocycles. The molecule has 0 spiro atoms. The van der Waals surface area contributed by atoms with Crippen molar-refractivity contribution in [1.82, 2.24) is 14.7 Å². The number of rotatable bonds is 7. The molecule has 0 unspecified atom stereocenters. The molecule has 0 aliphatic rings. The third kappa shape index (κ3) is 4.27. The van der Waals surface area contributed by atoms with Crippen LogP contribution < -0.4 is 10.9 Å². The predicted molar refractivity (Wildman–Crippen MR) is 78.6 cm³/mol. The van der Waals surface area contributed by atoms with Crippen LogP contribution in [0.3, 0.4) is 0 Å². The Balaban J connectivity index is 2.75. The topological polar surface area (TPSA) is 50.2 Å². The Morgan fingerprint density at radius 1 is 1.53 bits per heavy atom. The molecule has 0 aliphatic carbocycles. The van der Waals surface area contributed by atoms with Crippen LogP contribution in [0.15, 0.2) is 11.0 Å². The van der Waals surface area contributed by atoms with Crippen molar-refractivity contribution < 1.29 is 0 Å². The highest BCUT2D eigenvalue weighted by Crippen LogP contribution is 2.14. The summed E-state index contributed by atoms with van der Waals surface area (Å²) in [6.45, 7) is 7.79. The molecule has 0 aliphatic heterocycles. The summed E-state index contributed by atoms with van der Waals surface area (Å²) in [5.41, 5.74) is 0.0732. The fraction of sp³-hybridized carbons (Fsp3) is 0.538. The van der Waals surface area contributed by atoms with Crippen molar-refractivity contribution in [3.8, 4) is 12.3 Å². The second kappa shape index (κ2) is 7.82. The average molecular weight is 283 g/mol. The largest absolute Gasteiger partial charge is 0.378 e. The first kappa shape index (κ1) is 15.5. The van der Waals surface area contributed by atoms with E-state index in [1.54, 1.807) is 0 Å². The van der Waals surface area contributed by atoms with E-state index in [2.05, 4.69) is 35.1 Å². The molecule has 6 heteroatoms. The van der Waals surface area contributed by atoms with Crippen LogP contribution in [0.4, 0.5) is 5.69 Å². The van der Waals surface area contributed by atoms with E-state index < -0.39 is 0 Å². The van der Waals surface area contributed by atoms with Gasteiger partial charge in [0, 0.05) is 13.1 Å². The van der Waals surface area contributed by atoms with Gasteiger partial charge in [-0.2, -0.15) is 5.10 Å². The van der Waals surface area contributed by atoms with Gasteiger partial charge >= 0.3 is 0 Å². The van der Waals surface area contributed by atoms with E-state index in [4.69, 9.17) is 18.0 Å². The quantitative estimate of drug-likeness (QED) is 0.766. The molecule has 0 atom stereocenters. The lowest BCUT2D eigenvalue weighted by molar-refractivity contribution is 0.316. The highest BCUT2D eigenvalue weighted by molar-refractivity contribution is 6.32. The molecule has 0 aromatic carbocycles. The molecule has 1 aromatic heterocycles. The van der Waals surface area contributed by atoms with E-state index >= 15 is 0 Å². The van der Waals surface area contributed by atoms with Gasteiger partial charge in [0.2, 0.25) is 0 Å². The number of halogens is 1. The van der Waals surface area contributed by atoms with E-state index in [1.165, 1.54) is 10.9 Å². The lowest BCUT2D eigenvalue weighted by Crippen LogP contribution is -2.31. The normalized spacial score (nSPS) is 10.5. The Hall–Kier alpha value is -1.51. The zero-order valence-corrected chi connectivity index (χ0v) is 12.1. The van der Waals surface area contributed by atoms with Gasteiger partial charge in [-0.1, -0.05) is 31.4 Å². The second-order valence-corrected chi connectivity index (χ2v) is 4.40. The summed E-state index contributed by atoms with van der Waals surface area (Å²) in [7, 11) is 0. The first-order valence-corrected chi connectivity index (χ1v) is 6.67. The van der Waals surface area contributed by atoms with Gasteiger partial charge in [0.1, 0.15) is 12.2 Å². The lowest BCUT2D eigenvalue weighted by Gasteiger charge is -2.18. The standard InChI is InChI=1S/C13H19ClN4O/c1-4-8-18-13(19)12(11(14)10-16-18)15-7-9-17(5-2)6-3/h1,10,15H,5-9H2,2-3H3. The van der Waals surface area contributed by atoms with Crippen LogP contribution in [0.2, 0.25) is 5.02 Å². The Labute approximate surface area is 118 Å². The van der Waals surface area contributed by atoms with Crippen molar-refractivity contribution in [2.45, 2.75) is 20.4 Å². The van der Waals surface area contributed by atoms with Gasteiger partial charge in [-0.15, -0.1) is 6.42 Å². The molecule has 0 amide bonds. The van der Waals surface area contributed by atoms with Crippen LogP contribution in [0.5, 0.6) is 0 Å². The molecule has 0 fully saturated rings. The predicted octanol–water partition coefficient (Wildman–Crippen LogP) is 1.28. The molecule has 19 heavy (non-hydrogen) atoms. The fourth-order valence-electron chi connectivity index (χ4n) is 1.71. The highest BCUT2D eigenvalue weighted by Gasteiger charge is 2.09. The third-order valence-electron chi connectivity index (χ3n) is 2.86. The molecular formula is C13H19ClN4O. The van der Waals surface area contributed by atoms with E-state index in [9.17, 15) is 4.79 Å². The minimum atomic E-state index is -0.287. The third-order valence-corrected chi connectivity index (χ3v) is 3.15.